The molecule has 0 spiro atoms. The monoisotopic (exact) mass is 187 g/mol. The van der Waals surface area contributed by atoms with Crippen molar-refractivity contribution in [1.29, 1.82) is 5.26 Å². The Bertz CT molecular complexity index is 391. The molecular formula is C11H9NO2. The molecule has 3 nitrogen and oxygen atoms in total. The number of nitriles is 1. The van der Waals surface area contributed by atoms with Crippen LogP contribution in [0.2, 0.25) is 0 Å². The van der Waals surface area contributed by atoms with Crippen LogP contribution in [-0.2, 0) is 4.74 Å². The fraction of sp³-hybridized carbons (Fsp3) is 0.0909. The third-order valence-corrected chi connectivity index (χ3v) is 1.60. The minimum absolute atomic E-state index is 0.151. The first-order valence-electron chi connectivity index (χ1n) is 4.06. The highest BCUT2D eigenvalue weighted by Gasteiger charge is 2.10. The van der Waals surface area contributed by atoms with Crippen LogP contribution < -0.4 is 0 Å². The first-order valence-corrected chi connectivity index (χ1v) is 4.06. The van der Waals surface area contributed by atoms with E-state index >= 15 is 0 Å². The van der Waals surface area contributed by atoms with Crippen molar-refractivity contribution in [2.24, 2.45) is 0 Å². The van der Waals surface area contributed by atoms with Crippen molar-refractivity contribution in [1.82, 2.24) is 0 Å². The highest BCUT2D eigenvalue weighted by atomic mass is 16.5. The van der Waals surface area contributed by atoms with Crippen LogP contribution in [0.15, 0.2) is 36.9 Å². The third kappa shape index (κ3) is 2.20. The van der Waals surface area contributed by atoms with Crippen LogP contribution in [0.1, 0.15) is 15.9 Å². The summed E-state index contributed by atoms with van der Waals surface area (Å²) in [6, 6.07) is 8.44. The second kappa shape index (κ2) is 4.83. The summed E-state index contributed by atoms with van der Waals surface area (Å²) in [6.07, 6.45) is 1.48. The maximum atomic E-state index is 11.4. The Balaban J connectivity index is 2.90. The molecule has 0 aliphatic rings. The first-order chi connectivity index (χ1) is 6.79. The van der Waals surface area contributed by atoms with Gasteiger partial charge >= 0.3 is 5.97 Å². The van der Waals surface area contributed by atoms with Crippen LogP contribution in [0.3, 0.4) is 0 Å². The van der Waals surface area contributed by atoms with Gasteiger partial charge in [0.1, 0.15) is 12.7 Å². The van der Waals surface area contributed by atoms with E-state index in [2.05, 4.69) is 6.58 Å². The van der Waals surface area contributed by atoms with Crippen molar-refractivity contribution in [2.75, 3.05) is 6.61 Å². The minimum Gasteiger partial charge on any atom is -0.458 e. The van der Waals surface area contributed by atoms with Crippen molar-refractivity contribution < 1.29 is 9.53 Å². The maximum absolute atomic E-state index is 11.4. The molecule has 0 saturated heterocycles. The zero-order valence-corrected chi connectivity index (χ0v) is 7.56. The van der Waals surface area contributed by atoms with E-state index in [1.165, 1.54) is 6.08 Å². The third-order valence-electron chi connectivity index (χ3n) is 1.60. The summed E-state index contributed by atoms with van der Waals surface area (Å²) >= 11 is 0. The predicted octanol–water partition coefficient (Wildman–Crippen LogP) is 1.90. The van der Waals surface area contributed by atoms with E-state index in [0.717, 1.165) is 0 Å². The lowest BCUT2D eigenvalue weighted by molar-refractivity contribution is 0.0549. The van der Waals surface area contributed by atoms with Crippen LogP contribution in [0, 0.1) is 11.3 Å². The molecule has 0 heterocycles. The minimum atomic E-state index is -0.498. The predicted molar refractivity (Wildman–Crippen MR) is 51.6 cm³/mol. The van der Waals surface area contributed by atoms with Gasteiger partial charge in [-0.3, -0.25) is 0 Å². The quantitative estimate of drug-likeness (QED) is 0.536. The average molecular weight is 187 g/mol. The molecule has 0 amide bonds. The number of ether oxygens (including phenoxy) is 1. The number of carbonyl (C=O) groups excluding carboxylic acids is 1. The van der Waals surface area contributed by atoms with Crippen molar-refractivity contribution in [3.63, 3.8) is 0 Å². The molecule has 0 radical (unpaired) electrons. The van der Waals surface area contributed by atoms with Crippen molar-refractivity contribution in [3.05, 3.63) is 48.0 Å². The van der Waals surface area contributed by atoms with Gasteiger partial charge in [-0.1, -0.05) is 24.8 Å². The molecule has 0 N–H and O–H groups in total. The van der Waals surface area contributed by atoms with Gasteiger partial charge in [-0.25, -0.2) is 4.79 Å². The summed E-state index contributed by atoms with van der Waals surface area (Å²) in [4.78, 5) is 11.4. The smallest absolute Gasteiger partial charge is 0.339 e. The van der Waals surface area contributed by atoms with Gasteiger partial charge in [-0.2, -0.15) is 5.26 Å². The standard InChI is InChI=1S/C11H9NO2/c1-2-7-14-11(13)10-6-4-3-5-9(10)8-12/h2-6H,1,7H2. The zero-order chi connectivity index (χ0) is 10.4. The van der Waals surface area contributed by atoms with Gasteiger partial charge in [0.05, 0.1) is 11.1 Å². The summed E-state index contributed by atoms with van der Waals surface area (Å²) < 4.78 is 4.81. The first kappa shape index (κ1) is 10.0. The number of hydrogen-bond donors (Lipinski definition) is 0. The molecule has 0 saturated carbocycles. The number of benzene rings is 1. The van der Waals surface area contributed by atoms with Gasteiger partial charge in [0.15, 0.2) is 0 Å². The highest BCUT2D eigenvalue weighted by Crippen LogP contribution is 2.08. The van der Waals surface area contributed by atoms with E-state index < -0.39 is 5.97 Å². The molecule has 0 aliphatic heterocycles. The lowest BCUT2D eigenvalue weighted by Gasteiger charge is -2.02. The molecule has 0 fully saturated rings. The van der Waals surface area contributed by atoms with Crippen LogP contribution in [-0.4, -0.2) is 12.6 Å². The average Bonchev–Trinajstić information content (AvgIpc) is 2.25. The van der Waals surface area contributed by atoms with E-state index in [0.29, 0.717) is 5.56 Å². The molecule has 0 unspecified atom stereocenters. The Hall–Kier alpha value is -2.08. The lowest BCUT2D eigenvalue weighted by atomic mass is 10.1. The highest BCUT2D eigenvalue weighted by molar-refractivity contribution is 5.92. The number of rotatable bonds is 3. The molecule has 14 heavy (non-hydrogen) atoms. The number of nitrogens with zero attached hydrogens (tertiary/aromatic N) is 1. The summed E-state index contributed by atoms with van der Waals surface area (Å²) in [5, 5.41) is 8.71. The molecule has 3 heteroatoms. The second-order valence-electron chi connectivity index (χ2n) is 2.54. The van der Waals surface area contributed by atoms with Gasteiger partial charge in [0.2, 0.25) is 0 Å². The summed E-state index contributed by atoms with van der Waals surface area (Å²) in [5.74, 6) is -0.498. The molecule has 70 valence electrons. The van der Waals surface area contributed by atoms with Crippen LogP contribution >= 0.6 is 0 Å². The molecule has 1 aromatic carbocycles. The summed E-state index contributed by atoms with van der Waals surface area (Å²) in [7, 11) is 0. The fourth-order valence-electron chi connectivity index (χ4n) is 0.971. The van der Waals surface area contributed by atoms with Crippen molar-refractivity contribution in [2.45, 2.75) is 0 Å². The van der Waals surface area contributed by atoms with E-state index in [1.54, 1.807) is 24.3 Å². The van der Waals surface area contributed by atoms with Crippen LogP contribution in [0.5, 0.6) is 0 Å². The molecule has 0 aliphatic carbocycles. The summed E-state index contributed by atoms with van der Waals surface area (Å²) in [5.41, 5.74) is 0.610. The van der Waals surface area contributed by atoms with Crippen molar-refractivity contribution >= 4 is 5.97 Å². The van der Waals surface area contributed by atoms with Gasteiger partial charge in [0.25, 0.3) is 0 Å². The van der Waals surface area contributed by atoms with E-state index in [9.17, 15) is 4.79 Å². The molecule has 0 atom stereocenters. The fourth-order valence-corrected chi connectivity index (χ4v) is 0.971. The lowest BCUT2D eigenvalue weighted by Crippen LogP contribution is -2.06. The van der Waals surface area contributed by atoms with Gasteiger partial charge in [0, 0.05) is 0 Å². The second-order valence-corrected chi connectivity index (χ2v) is 2.54. The SMILES string of the molecule is C=CCOC(=O)c1ccccc1C#N. The molecular weight excluding hydrogens is 178 g/mol. The summed E-state index contributed by atoms with van der Waals surface area (Å²) in [6.45, 7) is 3.58. The zero-order valence-electron chi connectivity index (χ0n) is 7.56. The number of carbonyl (C=O) groups is 1. The normalized spacial score (nSPS) is 8.79. The largest absolute Gasteiger partial charge is 0.458 e. The Morgan fingerprint density at radius 3 is 2.93 bits per heavy atom. The van der Waals surface area contributed by atoms with E-state index in [-0.39, 0.29) is 12.2 Å². The van der Waals surface area contributed by atoms with Crippen molar-refractivity contribution in [3.8, 4) is 6.07 Å². The Labute approximate surface area is 82.2 Å². The molecule has 0 bridgehead atoms. The number of hydrogen-bond acceptors (Lipinski definition) is 3. The maximum Gasteiger partial charge on any atom is 0.339 e. The topological polar surface area (TPSA) is 50.1 Å². The molecule has 1 aromatic rings. The number of esters is 1. The molecule has 1 rings (SSSR count). The Kier molecular flexibility index (Phi) is 3.45. The van der Waals surface area contributed by atoms with Gasteiger partial charge in [-0.05, 0) is 12.1 Å². The Morgan fingerprint density at radius 2 is 2.29 bits per heavy atom. The van der Waals surface area contributed by atoms with Crippen LogP contribution in [0.25, 0.3) is 0 Å². The van der Waals surface area contributed by atoms with Gasteiger partial charge in [-0.15, -0.1) is 0 Å². The van der Waals surface area contributed by atoms with E-state index in [1.807, 2.05) is 6.07 Å². The molecule has 0 aromatic heterocycles. The van der Waals surface area contributed by atoms with Gasteiger partial charge < -0.3 is 4.74 Å². The van der Waals surface area contributed by atoms with E-state index in [4.69, 9.17) is 10.00 Å². The Morgan fingerprint density at radius 1 is 1.57 bits per heavy atom. The van der Waals surface area contributed by atoms with Crippen LogP contribution in [0.4, 0.5) is 0 Å².